The Morgan fingerprint density at radius 3 is 2.35 bits per heavy atom. The van der Waals surface area contributed by atoms with Gasteiger partial charge in [0.05, 0.1) is 17.2 Å². The van der Waals surface area contributed by atoms with E-state index >= 15 is 0 Å². The van der Waals surface area contributed by atoms with E-state index in [0.717, 1.165) is 17.7 Å². The van der Waals surface area contributed by atoms with Crippen LogP contribution in [0.5, 0.6) is 0 Å². The highest BCUT2D eigenvalue weighted by atomic mass is 19.4. The molecule has 0 radical (unpaired) electrons. The number of halogens is 3. The van der Waals surface area contributed by atoms with Crippen LogP contribution in [-0.2, 0) is 12.7 Å². The van der Waals surface area contributed by atoms with Crippen LogP contribution in [0.2, 0.25) is 0 Å². The van der Waals surface area contributed by atoms with E-state index in [4.69, 9.17) is 11.0 Å². The van der Waals surface area contributed by atoms with Crippen LogP contribution in [0.15, 0.2) is 42.5 Å². The van der Waals surface area contributed by atoms with Crippen molar-refractivity contribution in [2.45, 2.75) is 12.7 Å². The molecule has 0 fully saturated rings. The van der Waals surface area contributed by atoms with Gasteiger partial charge in [0.25, 0.3) is 0 Å². The average molecular weight is 319 g/mol. The molecule has 0 heterocycles. The highest BCUT2D eigenvalue weighted by Crippen LogP contribution is 2.33. The fourth-order valence-corrected chi connectivity index (χ4v) is 1.98. The van der Waals surface area contributed by atoms with Gasteiger partial charge in [0.2, 0.25) is 5.91 Å². The molecule has 7 heteroatoms. The number of benzene rings is 2. The highest BCUT2D eigenvalue weighted by Gasteiger charge is 2.33. The van der Waals surface area contributed by atoms with Gasteiger partial charge in [-0.15, -0.1) is 0 Å². The Hall–Kier alpha value is -3.01. The first-order valence-electron chi connectivity index (χ1n) is 6.55. The topological polar surface area (TPSA) is 78.9 Å². The van der Waals surface area contributed by atoms with Crippen molar-refractivity contribution in [3.63, 3.8) is 0 Å². The molecule has 0 saturated heterocycles. The van der Waals surface area contributed by atoms with Crippen LogP contribution in [0.3, 0.4) is 0 Å². The number of rotatable bonds is 4. The molecule has 3 N–H and O–H groups in total. The second-order valence-electron chi connectivity index (χ2n) is 4.78. The lowest BCUT2D eigenvalue weighted by molar-refractivity contribution is -0.137. The fraction of sp³-hybridized carbons (Fsp3) is 0.125. The standard InChI is InChI=1S/C16H12F3N3O/c17-16(18,19)14-6-5-13(7-12(14)8-20)22-9-10-1-3-11(4-2-10)15(21)23/h1-7,22H,9H2,(H2,21,23). The summed E-state index contributed by atoms with van der Waals surface area (Å²) in [4.78, 5) is 11.0. The van der Waals surface area contributed by atoms with E-state index in [1.807, 2.05) is 0 Å². The van der Waals surface area contributed by atoms with E-state index in [9.17, 15) is 18.0 Å². The first-order chi connectivity index (χ1) is 10.8. The Labute approximate surface area is 130 Å². The van der Waals surface area contributed by atoms with Crippen LogP contribution in [0, 0.1) is 11.3 Å². The first kappa shape index (κ1) is 16.4. The zero-order valence-electron chi connectivity index (χ0n) is 11.8. The first-order valence-corrected chi connectivity index (χ1v) is 6.55. The summed E-state index contributed by atoms with van der Waals surface area (Å²) in [6.07, 6.45) is -4.56. The summed E-state index contributed by atoms with van der Waals surface area (Å²) in [5, 5.41) is 11.8. The van der Waals surface area contributed by atoms with Crippen molar-refractivity contribution in [3.05, 3.63) is 64.7 Å². The van der Waals surface area contributed by atoms with E-state index in [1.165, 1.54) is 6.07 Å². The van der Waals surface area contributed by atoms with E-state index in [1.54, 1.807) is 30.3 Å². The SMILES string of the molecule is N#Cc1cc(NCc2ccc(C(N)=O)cc2)ccc1C(F)(F)F. The van der Waals surface area contributed by atoms with Crippen molar-refractivity contribution in [2.24, 2.45) is 5.73 Å². The van der Waals surface area contributed by atoms with Gasteiger partial charge in [-0.3, -0.25) is 4.79 Å². The highest BCUT2D eigenvalue weighted by molar-refractivity contribution is 5.92. The van der Waals surface area contributed by atoms with Crippen LogP contribution in [0.1, 0.15) is 27.0 Å². The van der Waals surface area contributed by atoms with Gasteiger partial charge >= 0.3 is 6.18 Å². The predicted octanol–water partition coefficient (Wildman–Crippen LogP) is 3.29. The molecular formula is C16H12F3N3O. The smallest absolute Gasteiger partial charge is 0.381 e. The summed E-state index contributed by atoms with van der Waals surface area (Å²) in [6, 6.07) is 11.3. The van der Waals surface area contributed by atoms with Crippen LogP contribution in [0.4, 0.5) is 18.9 Å². The van der Waals surface area contributed by atoms with Crippen molar-refractivity contribution < 1.29 is 18.0 Å². The lowest BCUT2D eigenvalue weighted by Crippen LogP contribution is -2.11. The summed E-state index contributed by atoms with van der Waals surface area (Å²) in [5.74, 6) is -0.536. The summed E-state index contributed by atoms with van der Waals surface area (Å²) in [7, 11) is 0. The van der Waals surface area contributed by atoms with Crippen molar-refractivity contribution in [3.8, 4) is 6.07 Å². The Kier molecular flexibility index (Phi) is 4.55. The molecule has 0 saturated carbocycles. The average Bonchev–Trinajstić information content (AvgIpc) is 2.52. The molecule has 0 bridgehead atoms. The van der Waals surface area contributed by atoms with Crippen LogP contribution in [0.25, 0.3) is 0 Å². The van der Waals surface area contributed by atoms with Gasteiger partial charge in [0.1, 0.15) is 0 Å². The van der Waals surface area contributed by atoms with Crippen molar-refractivity contribution in [1.82, 2.24) is 0 Å². The second-order valence-corrected chi connectivity index (χ2v) is 4.78. The Balaban J connectivity index is 2.12. The fourth-order valence-electron chi connectivity index (χ4n) is 1.98. The summed E-state index contributed by atoms with van der Waals surface area (Å²) in [6.45, 7) is 0.329. The quantitative estimate of drug-likeness (QED) is 0.907. The monoisotopic (exact) mass is 319 g/mol. The molecule has 0 aliphatic heterocycles. The molecule has 0 aliphatic carbocycles. The van der Waals surface area contributed by atoms with Gasteiger partial charge in [-0.1, -0.05) is 12.1 Å². The number of nitrogens with one attached hydrogen (secondary N) is 1. The van der Waals surface area contributed by atoms with Crippen LogP contribution in [-0.4, -0.2) is 5.91 Å². The lowest BCUT2D eigenvalue weighted by Gasteiger charge is -2.12. The number of carbonyl (C=O) groups is 1. The molecule has 0 unspecified atom stereocenters. The lowest BCUT2D eigenvalue weighted by atomic mass is 10.1. The number of hydrogen-bond donors (Lipinski definition) is 2. The third-order valence-electron chi connectivity index (χ3n) is 3.18. The molecule has 2 aromatic carbocycles. The maximum atomic E-state index is 12.7. The molecule has 0 spiro atoms. The maximum Gasteiger partial charge on any atom is 0.417 e. The number of amides is 1. The van der Waals surface area contributed by atoms with Crippen LogP contribution < -0.4 is 11.1 Å². The molecule has 4 nitrogen and oxygen atoms in total. The van der Waals surface area contributed by atoms with Gasteiger partial charge in [-0.05, 0) is 35.9 Å². The van der Waals surface area contributed by atoms with E-state index in [-0.39, 0.29) is 0 Å². The van der Waals surface area contributed by atoms with Crippen molar-refractivity contribution in [1.29, 1.82) is 5.26 Å². The predicted molar refractivity (Wildman–Crippen MR) is 78.4 cm³/mol. The molecule has 2 aromatic rings. The minimum absolute atomic E-state index is 0.329. The van der Waals surface area contributed by atoms with Crippen molar-refractivity contribution >= 4 is 11.6 Å². The number of primary amides is 1. The molecule has 1 amide bonds. The number of nitrogens with zero attached hydrogens (tertiary/aromatic N) is 1. The van der Waals surface area contributed by atoms with Gasteiger partial charge in [-0.2, -0.15) is 18.4 Å². The van der Waals surface area contributed by atoms with Crippen molar-refractivity contribution in [2.75, 3.05) is 5.32 Å². The molecule has 2 rings (SSSR count). The number of anilines is 1. The number of hydrogen-bond acceptors (Lipinski definition) is 3. The van der Waals surface area contributed by atoms with E-state index in [2.05, 4.69) is 5.32 Å². The molecule has 0 aromatic heterocycles. The summed E-state index contributed by atoms with van der Waals surface area (Å²) >= 11 is 0. The minimum atomic E-state index is -4.56. The Morgan fingerprint density at radius 1 is 1.17 bits per heavy atom. The summed E-state index contributed by atoms with van der Waals surface area (Å²) < 4.78 is 38.1. The number of alkyl halides is 3. The normalized spacial score (nSPS) is 10.9. The third-order valence-corrected chi connectivity index (χ3v) is 3.18. The maximum absolute atomic E-state index is 12.7. The minimum Gasteiger partial charge on any atom is -0.381 e. The number of carbonyl (C=O) groups excluding carboxylic acids is 1. The zero-order valence-corrected chi connectivity index (χ0v) is 11.8. The van der Waals surface area contributed by atoms with Crippen LogP contribution >= 0.6 is 0 Å². The molecule has 0 aliphatic rings. The van der Waals surface area contributed by atoms with Gasteiger partial charge in [0, 0.05) is 17.8 Å². The molecule has 118 valence electrons. The molecule has 23 heavy (non-hydrogen) atoms. The Morgan fingerprint density at radius 2 is 1.83 bits per heavy atom. The van der Waals surface area contributed by atoms with Gasteiger partial charge in [0.15, 0.2) is 0 Å². The number of nitriles is 1. The number of nitrogens with two attached hydrogens (primary N) is 1. The second kappa shape index (κ2) is 6.40. The largest absolute Gasteiger partial charge is 0.417 e. The molecular weight excluding hydrogens is 307 g/mol. The van der Waals surface area contributed by atoms with Gasteiger partial charge < -0.3 is 11.1 Å². The zero-order chi connectivity index (χ0) is 17.0. The Bertz CT molecular complexity index is 762. The van der Waals surface area contributed by atoms with E-state index in [0.29, 0.717) is 17.8 Å². The van der Waals surface area contributed by atoms with E-state index < -0.39 is 23.2 Å². The van der Waals surface area contributed by atoms with Gasteiger partial charge in [-0.25, -0.2) is 0 Å². The summed E-state index contributed by atoms with van der Waals surface area (Å²) in [5.41, 5.74) is 5.31. The molecule has 0 atom stereocenters. The third kappa shape index (κ3) is 4.01.